The zero-order chi connectivity index (χ0) is 19.5. The van der Waals surface area contributed by atoms with E-state index < -0.39 is 0 Å². The lowest BCUT2D eigenvalue weighted by molar-refractivity contribution is 0.215. The molecule has 1 aliphatic heterocycles. The van der Waals surface area contributed by atoms with E-state index in [0.29, 0.717) is 18.3 Å². The summed E-state index contributed by atoms with van der Waals surface area (Å²) in [6.07, 6.45) is 4.77. The average Bonchev–Trinajstić information content (AvgIpc) is 2.67. The third kappa shape index (κ3) is 8.45. The summed E-state index contributed by atoms with van der Waals surface area (Å²) in [5.41, 5.74) is 6.44. The Labute approximate surface area is 167 Å². The molecule has 3 N–H and O–H groups in total. The van der Waals surface area contributed by atoms with Gasteiger partial charge in [-0.3, -0.25) is 10.3 Å². The number of hydrazine groups is 1. The number of likely N-dealkylation sites (tertiary alicyclic amines) is 1. The minimum atomic E-state index is -0.257. The third-order valence-corrected chi connectivity index (χ3v) is 4.56. The van der Waals surface area contributed by atoms with Gasteiger partial charge in [0.25, 0.3) is 0 Å². The number of rotatable bonds is 7. The van der Waals surface area contributed by atoms with Crippen LogP contribution in [0.2, 0.25) is 0 Å². The van der Waals surface area contributed by atoms with Crippen molar-refractivity contribution >= 4 is 23.4 Å². The highest BCUT2D eigenvalue weighted by molar-refractivity contribution is 7.80. The van der Waals surface area contributed by atoms with Crippen molar-refractivity contribution in [2.45, 2.75) is 32.2 Å². The number of nitrogens with one attached hydrogen (secondary N) is 3. The monoisotopic (exact) mass is 393 g/mol. The summed E-state index contributed by atoms with van der Waals surface area (Å²) in [5, 5.41) is 3.41. The van der Waals surface area contributed by atoms with Gasteiger partial charge in [0, 0.05) is 27.2 Å². The first kappa shape index (κ1) is 21.2. The van der Waals surface area contributed by atoms with E-state index in [2.05, 4.69) is 39.3 Å². The van der Waals surface area contributed by atoms with E-state index in [0.717, 1.165) is 18.7 Å². The second-order valence-corrected chi connectivity index (χ2v) is 7.30. The van der Waals surface area contributed by atoms with E-state index in [9.17, 15) is 4.79 Å². The summed E-state index contributed by atoms with van der Waals surface area (Å²) in [4.78, 5) is 15.3. The van der Waals surface area contributed by atoms with Gasteiger partial charge in [-0.05, 0) is 62.3 Å². The fourth-order valence-electron chi connectivity index (χ4n) is 2.84. The Morgan fingerprint density at radius 3 is 2.74 bits per heavy atom. The number of piperidine rings is 1. The highest BCUT2D eigenvalue weighted by atomic mass is 32.1. The fraction of sp³-hybridized carbons (Fsp3) is 0.579. The Bertz CT molecular complexity index is 606. The second kappa shape index (κ2) is 11.6. The molecule has 1 fully saturated rings. The van der Waals surface area contributed by atoms with E-state index in [-0.39, 0.29) is 6.03 Å². The molecule has 0 aromatic heterocycles. The number of ether oxygens (including phenoxy) is 1. The van der Waals surface area contributed by atoms with Crippen molar-refractivity contribution in [2.24, 2.45) is 0 Å². The molecule has 0 radical (unpaired) electrons. The van der Waals surface area contributed by atoms with E-state index in [1.54, 1.807) is 14.1 Å². The Balaban J connectivity index is 1.60. The van der Waals surface area contributed by atoms with Gasteiger partial charge in [0.2, 0.25) is 0 Å². The fourth-order valence-corrected chi connectivity index (χ4v) is 2.99. The van der Waals surface area contributed by atoms with Gasteiger partial charge < -0.3 is 15.0 Å². The molecule has 1 aromatic carbocycles. The first-order chi connectivity index (χ1) is 13.0. The number of hydrogen-bond acceptors (Lipinski definition) is 4. The standard InChI is InChI=1S/C19H31N5O2S/c1-23(2)19(25)22-21-18(27)20-10-7-13-26-17-9-6-8-16(14-17)15-24-11-4-3-5-12-24/h6,8-9,14H,3-5,7,10-13,15H2,1-2H3,(H,22,25)(H2,20,21,27). The molecule has 8 heteroatoms. The number of thiocarbonyl (C=S) groups is 1. The predicted molar refractivity (Wildman–Crippen MR) is 112 cm³/mol. The molecule has 7 nitrogen and oxygen atoms in total. The van der Waals surface area contributed by atoms with Crippen molar-refractivity contribution < 1.29 is 9.53 Å². The van der Waals surface area contributed by atoms with Crippen molar-refractivity contribution in [2.75, 3.05) is 40.3 Å². The molecule has 1 heterocycles. The van der Waals surface area contributed by atoms with Gasteiger partial charge in [-0.15, -0.1) is 0 Å². The Hall–Kier alpha value is -2.06. The quantitative estimate of drug-likeness (QED) is 0.374. The largest absolute Gasteiger partial charge is 0.494 e. The molecule has 0 unspecified atom stereocenters. The molecular weight excluding hydrogens is 362 g/mol. The van der Waals surface area contributed by atoms with Crippen LogP contribution >= 0.6 is 12.2 Å². The first-order valence-electron chi connectivity index (χ1n) is 9.50. The maximum atomic E-state index is 11.4. The summed E-state index contributed by atoms with van der Waals surface area (Å²) in [6, 6.07) is 8.09. The summed E-state index contributed by atoms with van der Waals surface area (Å²) in [7, 11) is 3.32. The van der Waals surface area contributed by atoms with Crippen LogP contribution in [0.1, 0.15) is 31.2 Å². The molecular formula is C19H31N5O2S. The van der Waals surface area contributed by atoms with Gasteiger partial charge in [0.05, 0.1) is 6.61 Å². The SMILES string of the molecule is CN(C)C(=O)NNC(=S)NCCCOc1cccc(CN2CCCCC2)c1. The number of amides is 2. The minimum Gasteiger partial charge on any atom is -0.494 e. The molecule has 27 heavy (non-hydrogen) atoms. The van der Waals surface area contributed by atoms with Crippen LogP contribution in [0.25, 0.3) is 0 Å². The number of carbonyl (C=O) groups is 1. The molecule has 0 saturated carbocycles. The van der Waals surface area contributed by atoms with E-state index in [1.165, 1.54) is 42.8 Å². The van der Waals surface area contributed by atoms with Crippen molar-refractivity contribution in [1.29, 1.82) is 0 Å². The topological polar surface area (TPSA) is 68.9 Å². The van der Waals surface area contributed by atoms with E-state index in [1.807, 2.05) is 6.07 Å². The molecule has 2 rings (SSSR count). The zero-order valence-electron chi connectivity index (χ0n) is 16.3. The lowest BCUT2D eigenvalue weighted by Crippen LogP contribution is -2.50. The Kier molecular flexibility index (Phi) is 9.13. The van der Waals surface area contributed by atoms with Crippen molar-refractivity contribution in [3.8, 4) is 5.75 Å². The predicted octanol–water partition coefficient (Wildman–Crippen LogP) is 2.09. The van der Waals surface area contributed by atoms with Crippen molar-refractivity contribution in [3.05, 3.63) is 29.8 Å². The molecule has 1 saturated heterocycles. The zero-order valence-corrected chi connectivity index (χ0v) is 17.1. The molecule has 1 aromatic rings. The molecule has 0 atom stereocenters. The molecule has 0 bridgehead atoms. The smallest absolute Gasteiger partial charge is 0.335 e. The Morgan fingerprint density at radius 1 is 1.22 bits per heavy atom. The van der Waals surface area contributed by atoms with E-state index >= 15 is 0 Å². The average molecular weight is 394 g/mol. The summed E-state index contributed by atoms with van der Waals surface area (Å²) in [5.74, 6) is 0.906. The van der Waals surface area contributed by atoms with Crippen LogP contribution < -0.4 is 20.9 Å². The van der Waals surface area contributed by atoms with Gasteiger partial charge >= 0.3 is 6.03 Å². The first-order valence-corrected chi connectivity index (χ1v) is 9.90. The minimum absolute atomic E-state index is 0.257. The lowest BCUT2D eigenvalue weighted by Gasteiger charge is -2.26. The van der Waals surface area contributed by atoms with Crippen LogP contribution in [0.3, 0.4) is 0 Å². The normalized spacial score (nSPS) is 14.3. The number of nitrogens with zero attached hydrogens (tertiary/aromatic N) is 2. The maximum absolute atomic E-state index is 11.4. The molecule has 0 spiro atoms. The van der Waals surface area contributed by atoms with Crippen molar-refractivity contribution in [1.82, 2.24) is 26.0 Å². The van der Waals surface area contributed by atoms with Crippen LogP contribution in [-0.4, -0.2) is 61.3 Å². The van der Waals surface area contributed by atoms with Crippen LogP contribution in [0, 0.1) is 0 Å². The molecule has 2 amide bonds. The molecule has 1 aliphatic rings. The summed E-state index contributed by atoms with van der Waals surface area (Å²) >= 11 is 5.10. The third-order valence-electron chi connectivity index (χ3n) is 4.32. The summed E-state index contributed by atoms with van der Waals surface area (Å²) in [6.45, 7) is 4.65. The van der Waals surface area contributed by atoms with Gasteiger partial charge in [0.15, 0.2) is 5.11 Å². The molecule has 150 valence electrons. The number of urea groups is 1. The van der Waals surface area contributed by atoms with Crippen molar-refractivity contribution in [3.63, 3.8) is 0 Å². The summed E-state index contributed by atoms with van der Waals surface area (Å²) < 4.78 is 5.85. The maximum Gasteiger partial charge on any atom is 0.335 e. The van der Waals surface area contributed by atoms with Gasteiger partial charge in [0.1, 0.15) is 5.75 Å². The molecule has 0 aliphatic carbocycles. The van der Waals surface area contributed by atoms with Crippen LogP contribution in [0.5, 0.6) is 5.75 Å². The number of carbonyl (C=O) groups excluding carboxylic acids is 1. The lowest BCUT2D eigenvalue weighted by atomic mass is 10.1. The highest BCUT2D eigenvalue weighted by Crippen LogP contribution is 2.17. The Morgan fingerprint density at radius 2 is 2.00 bits per heavy atom. The van der Waals surface area contributed by atoms with Gasteiger partial charge in [-0.2, -0.15) is 0 Å². The van der Waals surface area contributed by atoms with Gasteiger partial charge in [-0.1, -0.05) is 18.6 Å². The highest BCUT2D eigenvalue weighted by Gasteiger charge is 2.10. The second-order valence-electron chi connectivity index (χ2n) is 6.89. The van der Waals surface area contributed by atoms with Crippen LogP contribution in [0.4, 0.5) is 4.79 Å². The number of hydrogen-bond donors (Lipinski definition) is 3. The van der Waals surface area contributed by atoms with Crippen LogP contribution in [-0.2, 0) is 6.54 Å². The van der Waals surface area contributed by atoms with Crippen LogP contribution in [0.15, 0.2) is 24.3 Å². The number of benzene rings is 1. The van der Waals surface area contributed by atoms with E-state index in [4.69, 9.17) is 17.0 Å². The van der Waals surface area contributed by atoms with Gasteiger partial charge in [-0.25, -0.2) is 10.2 Å².